The summed E-state index contributed by atoms with van der Waals surface area (Å²) in [5, 5.41) is 3.19. The summed E-state index contributed by atoms with van der Waals surface area (Å²) in [7, 11) is 0. The van der Waals surface area contributed by atoms with Crippen LogP contribution < -0.4 is 0 Å². The van der Waals surface area contributed by atoms with Crippen molar-refractivity contribution in [3.63, 3.8) is 0 Å². The molecule has 8 rings (SSSR count). The second-order valence-electron chi connectivity index (χ2n) is 12.0. The molecule has 4 aromatic heterocycles. The number of hydrogen-bond acceptors (Lipinski definition) is 5. The van der Waals surface area contributed by atoms with Crippen molar-refractivity contribution in [1.29, 1.82) is 0 Å². The first-order valence-electron chi connectivity index (χ1n) is 17.1. The number of hydrogen-bond donors (Lipinski definition) is 0. The van der Waals surface area contributed by atoms with Gasteiger partial charge < -0.3 is 14.4 Å². The Balaban J connectivity index is 0.000000222. The molecule has 0 aliphatic heterocycles. The maximum atomic E-state index is 7.23. The SMILES string of the molecule is Cc1nc2c(ccc3c4cc[c-]c(-c5cc(-c6c(C)cccc6C)c(C(C)C)cn5)c4oc32)s1.[2H]C([2H])([2H])c1ccc(-c2[c-]cccc2)nc1.[Ir]. The van der Waals surface area contributed by atoms with Crippen molar-refractivity contribution in [1.82, 2.24) is 15.0 Å². The van der Waals surface area contributed by atoms with Crippen LogP contribution in [0, 0.1) is 39.8 Å². The van der Waals surface area contributed by atoms with Gasteiger partial charge in [-0.25, -0.2) is 4.98 Å². The Bertz CT molecular complexity index is 2470. The fourth-order valence-corrected chi connectivity index (χ4v) is 6.94. The Morgan fingerprint density at radius 1 is 0.792 bits per heavy atom. The van der Waals surface area contributed by atoms with Gasteiger partial charge in [0.2, 0.25) is 0 Å². The summed E-state index contributed by atoms with van der Waals surface area (Å²) in [5.41, 5.74) is 12.5. The molecule has 241 valence electrons. The van der Waals surface area contributed by atoms with Gasteiger partial charge in [-0.2, -0.15) is 0 Å². The van der Waals surface area contributed by atoms with Crippen LogP contribution in [0.4, 0.5) is 0 Å². The zero-order valence-electron chi connectivity index (χ0n) is 30.3. The summed E-state index contributed by atoms with van der Waals surface area (Å²) in [6.45, 7) is 8.75. The molecule has 4 aromatic carbocycles. The normalized spacial score (nSPS) is 12.3. The first kappa shape index (κ1) is 29.6. The Morgan fingerprint density at radius 2 is 1.58 bits per heavy atom. The van der Waals surface area contributed by atoms with Crippen LogP contribution in [-0.4, -0.2) is 15.0 Å². The van der Waals surface area contributed by atoms with Crippen molar-refractivity contribution in [2.45, 2.75) is 47.4 Å². The van der Waals surface area contributed by atoms with E-state index in [0.717, 1.165) is 59.7 Å². The van der Waals surface area contributed by atoms with Crippen LogP contribution in [0.3, 0.4) is 0 Å². The smallest absolute Gasteiger partial charge is 0.148 e. The number of aromatic nitrogens is 3. The standard InChI is InChI=1S/C30H25N2OS.C12H10N.Ir/c1-16(2)24-15-31-25(14-23(24)27-17(3)8-6-9-18(27)4)22-11-7-10-20-21-12-13-26-28(32-19(5)34-26)30(21)33-29(20)22;1-10-7-8-12(13-9-10)11-5-3-2-4-6-11;/h6-10,12-16H,1-5H3;2-5,7-9H,1H3;/q2*-1;/i;1D3;. The summed E-state index contributed by atoms with van der Waals surface area (Å²) in [6.07, 6.45) is 3.42. The van der Waals surface area contributed by atoms with Crippen molar-refractivity contribution in [2.24, 2.45) is 0 Å². The zero-order valence-corrected chi connectivity index (χ0v) is 30.5. The fourth-order valence-electron chi connectivity index (χ4n) is 6.12. The van der Waals surface area contributed by atoms with Crippen LogP contribution in [-0.2, 0) is 20.1 Å². The second kappa shape index (κ2) is 13.9. The molecule has 0 bridgehead atoms. The van der Waals surface area contributed by atoms with Crippen molar-refractivity contribution in [3.8, 4) is 33.6 Å². The molecule has 0 unspecified atom stereocenters. The molecular weight excluding hydrogens is 787 g/mol. The largest absolute Gasteiger partial charge is 0.498 e. The molecule has 0 atom stereocenters. The van der Waals surface area contributed by atoms with E-state index in [0.29, 0.717) is 5.92 Å². The van der Waals surface area contributed by atoms with Gasteiger partial charge in [-0.05, 0) is 84.4 Å². The summed E-state index contributed by atoms with van der Waals surface area (Å²) in [4.78, 5) is 13.8. The fraction of sp³-hybridized carbons (Fsp3) is 0.167. The first-order valence-corrected chi connectivity index (χ1v) is 16.4. The van der Waals surface area contributed by atoms with E-state index in [1.807, 2.05) is 37.4 Å². The van der Waals surface area contributed by atoms with Crippen molar-refractivity contribution < 1.29 is 28.6 Å². The molecule has 0 amide bonds. The first-order chi connectivity index (χ1) is 24.0. The van der Waals surface area contributed by atoms with E-state index >= 15 is 0 Å². The van der Waals surface area contributed by atoms with Crippen molar-refractivity contribution in [2.75, 3.05) is 0 Å². The van der Waals surface area contributed by atoms with E-state index in [9.17, 15) is 0 Å². The summed E-state index contributed by atoms with van der Waals surface area (Å²) >= 11 is 1.69. The van der Waals surface area contributed by atoms with Gasteiger partial charge in [0, 0.05) is 42.0 Å². The molecule has 0 aliphatic carbocycles. The molecule has 0 aliphatic rings. The third-order valence-electron chi connectivity index (χ3n) is 8.38. The predicted octanol–water partition coefficient (Wildman–Crippen LogP) is 11.6. The van der Waals surface area contributed by atoms with Gasteiger partial charge in [-0.3, -0.25) is 0 Å². The third-order valence-corrected chi connectivity index (χ3v) is 9.31. The Hall–Kier alpha value is -4.48. The molecule has 0 spiro atoms. The number of pyridine rings is 2. The topological polar surface area (TPSA) is 51.8 Å². The molecule has 0 fully saturated rings. The van der Waals surface area contributed by atoms with Crippen molar-refractivity contribution in [3.05, 3.63) is 137 Å². The molecule has 48 heavy (non-hydrogen) atoms. The molecule has 0 N–H and O–H groups in total. The van der Waals surface area contributed by atoms with Gasteiger partial charge in [0.1, 0.15) is 11.1 Å². The minimum atomic E-state index is -2.09. The number of nitrogens with zero attached hydrogens (tertiary/aromatic N) is 3. The summed E-state index contributed by atoms with van der Waals surface area (Å²) in [6, 6.07) is 34.2. The third kappa shape index (κ3) is 6.36. The average Bonchev–Trinajstić information content (AvgIpc) is 3.68. The summed E-state index contributed by atoms with van der Waals surface area (Å²) < 4.78 is 29.4. The average molecular weight is 825 g/mol. The number of fused-ring (bicyclic) bond motifs is 5. The van der Waals surface area contributed by atoms with E-state index in [4.69, 9.17) is 18.5 Å². The number of aryl methyl sites for hydroxylation is 4. The van der Waals surface area contributed by atoms with Gasteiger partial charge in [0.25, 0.3) is 0 Å². The molecular formula is C42H35IrN3OS-2. The Labute approximate surface area is 303 Å². The van der Waals surface area contributed by atoms with Gasteiger partial charge in [0.15, 0.2) is 0 Å². The molecule has 6 heteroatoms. The van der Waals surface area contributed by atoms with Crippen molar-refractivity contribution >= 4 is 43.5 Å². The number of furan rings is 1. The molecule has 4 heterocycles. The van der Waals surface area contributed by atoms with E-state index in [2.05, 4.69) is 87.3 Å². The van der Waals surface area contributed by atoms with E-state index in [1.165, 1.54) is 34.0 Å². The Morgan fingerprint density at radius 3 is 2.29 bits per heavy atom. The van der Waals surface area contributed by atoms with E-state index < -0.39 is 6.85 Å². The minimum absolute atomic E-state index is 0. The molecule has 0 saturated heterocycles. The van der Waals surface area contributed by atoms with Gasteiger partial charge in [-0.15, -0.1) is 65.4 Å². The number of benzene rings is 4. The molecule has 0 saturated carbocycles. The maximum absolute atomic E-state index is 7.23. The number of rotatable bonds is 4. The van der Waals surface area contributed by atoms with Crippen LogP contribution in [0.15, 0.2) is 102 Å². The van der Waals surface area contributed by atoms with Crippen LogP contribution in [0.1, 0.15) is 51.1 Å². The predicted molar refractivity (Wildman–Crippen MR) is 196 cm³/mol. The zero-order chi connectivity index (χ0) is 35.2. The van der Waals surface area contributed by atoms with Crippen LogP contribution in [0.2, 0.25) is 0 Å². The quantitative estimate of drug-likeness (QED) is 0.166. The molecule has 4 nitrogen and oxygen atoms in total. The molecule has 8 aromatic rings. The van der Waals surface area contributed by atoms with Crippen LogP contribution >= 0.6 is 11.3 Å². The van der Waals surface area contributed by atoms with Gasteiger partial charge in [-0.1, -0.05) is 67.3 Å². The van der Waals surface area contributed by atoms with Crippen LogP contribution in [0.25, 0.3) is 65.8 Å². The van der Waals surface area contributed by atoms with Crippen LogP contribution in [0.5, 0.6) is 0 Å². The molecule has 1 radical (unpaired) electrons. The maximum Gasteiger partial charge on any atom is 0.148 e. The van der Waals surface area contributed by atoms with E-state index in [1.54, 1.807) is 29.5 Å². The Kier molecular flexibility index (Phi) is 8.61. The second-order valence-corrected chi connectivity index (χ2v) is 13.2. The van der Waals surface area contributed by atoms with E-state index in [-0.39, 0.29) is 25.7 Å². The van der Waals surface area contributed by atoms with Gasteiger partial charge in [0.05, 0.1) is 15.3 Å². The monoisotopic (exact) mass is 825 g/mol. The number of thiazole rings is 1. The minimum Gasteiger partial charge on any atom is -0.498 e. The summed E-state index contributed by atoms with van der Waals surface area (Å²) in [5.74, 6) is 0.364. The van der Waals surface area contributed by atoms with Gasteiger partial charge >= 0.3 is 0 Å².